The maximum absolute atomic E-state index is 12.9. The number of halogens is 4. The summed E-state index contributed by atoms with van der Waals surface area (Å²) in [5, 5.41) is 8.56. The van der Waals surface area contributed by atoms with Crippen LogP contribution < -0.4 is 0 Å². The van der Waals surface area contributed by atoms with E-state index in [-0.39, 0.29) is 6.54 Å². The number of benzene rings is 1. The van der Waals surface area contributed by atoms with E-state index in [1.165, 1.54) is 6.92 Å². The lowest BCUT2D eigenvalue weighted by atomic mass is 9.92. The van der Waals surface area contributed by atoms with Crippen LogP contribution in [0.15, 0.2) is 23.1 Å². The van der Waals surface area contributed by atoms with Crippen molar-refractivity contribution in [2.45, 2.75) is 36.9 Å². The highest BCUT2D eigenvalue weighted by molar-refractivity contribution is 7.89. The van der Waals surface area contributed by atoms with Crippen molar-refractivity contribution in [1.82, 2.24) is 4.31 Å². The molecule has 1 saturated heterocycles. The van der Waals surface area contributed by atoms with Gasteiger partial charge in [-0.15, -0.1) is 0 Å². The summed E-state index contributed by atoms with van der Waals surface area (Å²) in [6.45, 7) is 1.49. The number of hydrogen-bond donors (Lipinski definition) is 1. The van der Waals surface area contributed by atoms with Crippen molar-refractivity contribution in [3.05, 3.63) is 28.8 Å². The second-order valence-corrected chi connectivity index (χ2v) is 7.88. The molecule has 134 valence electrons. The standard InChI is InChI=1S/C14H15ClF3NO4S/c1-8-10(13(20)21)3-2-6-19(8)24(22,23)9-4-5-12(15)11(7-9)14(16,17)18/h4-5,7-8,10H,2-3,6H2,1H3,(H,20,21)/t8-,10-/m1/s1. The summed E-state index contributed by atoms with van der Waals surface area (Å²) in [5.74, 6) is -2.03. The number of carboxylic acids is 1. The Kier molecular flexibility index (Phi) is 5.17. The third kappa shape index (κ3) is 3.52. The number of carboxylic acid groups (broad SMARTS) is 1. The van der Waals surface area contributed by atoms with E-state index >= 15 is 0 Å². The number of sulfonamides is 1. The Morgan fingerprint density at radius 2 is 2.00 bits per heavy atom. The van der Waals surface area contributed by atoms with Gasteiger partial charge in [-0.2, -0.15) is 17.5 Å². The van der Waals surface area contributed by atoms with E-state index in [9.17, 15) is 26.4 Å². The van der Waals surface area contributed by atoms with Gasteiger partial charge in [-0.1, -0.05) is 11.6 Å². The Balaban J connectivity index is 2.46. The molecule has 1 fully saturated rings. The summed E-state index contributed by atoms with van der Waals surface area (Å²) in [7, 11) is -4.27. The van der Waals surface area contributed by atoms with Gasteiger partial charge >= 0.3 is 12.1 Å². The van der Waals surface area contributed by atoms with Gasteiger partial charge in [0.15, 0.2) is 0 Å². The molecule has 0 saturated carbocycles. The first-order valence-electron chi connectivity index (χ1n) is 7.07. The first kappa shape index (κ1) is 19.0. The quantitative estimate of drug-likeness (QED) is 0.866. The number of piperidine rings is 1. The zero-order valence-corrected chi connectivity index (χ0v) is 14.1. The maximum atomic E-state index is 12.9. The molecule has 0 aliphatic carbocycles. The monoisotopic (exact) mass is 385 g/mol. The molecule has 0 radical (unpaired) electrons. The highest BCUT2D eigenvalue weighted by atomic mass is 35.5. The number of alkyl halides is 3. The lowest BCUT2D eigenvalue weighted by molar-refractivity contribution is -0.144. The molecular formula is C14H15ClF3NO4S. The van der Waals surface area contributed by atoms with E-state index in [0.29, 0.717) is 18.9 Å². The minimum atomic E-state index is -4.79. The van der Waals surface area contributed by atoms with E-state index in [1.807, 2.05) is 0 Å². The zero-order chi connectivity index (χ0) is 18.3. The minimum absolute atomic E-state index is 0.0528. The summed E-state index contributed by atoms with van der Waals surface area (Å²) in [4.78, 5) is 10.7. The second kappa shape index (κ2) is 6.53. The molecule has 5 nitrogen and oxygen atoms in total. The largest absolute Gasteiger partial charge is 0.481 e. The topological polar surface area (TPSA) is 74.7 Å². The van der Waals surface area contributed by atoms with Crippen LogP contribution in [-0.4, -0.2) is 36.4 Å². The Hall–Kier alpha value is -1.32. The first-order valence-corrected chi connectivity index (χ1v) is 8.89. The van der Waals surface area contributed by atoms with Crippen LogP contribution in [0, 0.1) is 5.92 Å². The van der Waals surface area contributed by atoms with Crippen LogP contribution in [-0.2, 0) is 21.0 Å². The van der Waals surface area contributed by atoms with Crippen molar-refractivity contribution in [1.29, 1.82) is 0 Å². The SMILES string of the molecule is C[C@@H]1[C@H](C(=O)O)CCCN1S(=O)(=O)c1ccc(Cl)c(C(F)(F)F)c1. The van der Waals surface area contributed by atoms with Crippen molar-refractivity contribution in [3.63, 3.8) is 0 Å². The van der Waals surface area contributed by atoms with Gasteiger partial charge in [0.1, 0.15) is 0 Å². The first-order chi connectivity index (χ1) is 11.0. The number of aliphatic carboxylic acids is 1. The van der Waals surface area contributed by atoms with Crippen LogP contribution in [0.2, 0.25) is 5.02 Å². The molecule has 2 rings (SSSR count). The highest BCUT2D eigenvalue weighted by Gasteiger charge is 2.41. The van der Waals surface area contributed by atoms with Crippen molar-refractivity contribution in [2.75, 3.05) is 6.54 Å². The number of hydrogen-bond acceptors (Lipinski definition) is 3. The fraction of sp³-hybridized carbons (Fsp3) is 0.500. The van der Waals surface area contributed by atoms with Gasteiger partial charge in [0.05, 0.1) is 21.4 Å². The molecule has 0 spiro atoms. The predicted molar refractivity (Wildman–Crippen MR) is 80.2 cm³/mol. The Morgan fingerprint density at radius 1 is 1.38 bits per heavy atom. The average molecular weight is 386 g/mol. The molecule has 0 aromatic heterocycles. The second-order valence-electron chi connectivity index (χ2n) is 5.58. The van der Waals surface area contributed by atoms with Gasteiger partial charge in [-0.3, -0.25) is 4.79 Å². The van der Waals surface area contributed by atoms with Gasteiger partial charge < -0.3 is 5.11 Å². The lowest BCUT2D eigenvalue weighted by Crippen LogP contribution is -2.49. The van der Waals surface area contributed by atoms with E-state index in [0.717, 1.165) is 16.4 Å². The Labute approximate surface area is 142 Å². The van der Waals surface area contributed by atoms with Gasteiger partial charge in [-0.05, 0) is 38.0 Å². The number of rotatable bonds is 3. The smallest absolute Gasteiger partial charge is 0.417 e. The molecule has 2 atom stereocenters. The molecule has 0 unspecified atom stereocenters. The number of carbonyl (C=O) groups is 1. The van der Waals surface area contributed by atoms with Crippen LogP contribution in [0.5, 0.6) is 0 Å². The summed E-state index contributed by atoms with van der Waals surface area (Å²) >= 11 is 5.50. The average Bonchev–Trinajstić information content (AvgIpc) is 2.45. The normalized spacial score (nSPS) is 23.2. The van der Waals surface area contributed by atoms with Gasteiger partial charge in [0.2, 0.25) is 10.0 Å². The van der Waals surface area contributed by atoms with Crippen LogP contribution in [0.3, 0.4) is 0 Å². The molecule has 1 aliphatic heterocycles. The highest BCUT2D eigenvalue weighted by Crippen LogP contribution is 2.37. The predicted octanol–water partition coefficient (Wildman–Crippen LogP) is 3.23. The number of nitrogens with zero attached hydrogens (tertiary/aromatic N) is 1. The molecule has 1 aromatic carbocycles. The minimum Gasteiger partial charge on any atom is -0.481 e. The van der Waals surface area contributed by atoms with Crippen LogP contribution in [0.4, 0.5) is 13.2 Å². The lowest BCUT2D eigenvalue weighted by Gasteiger charge is -2.36. The van der Waals surface area contributed by atoms with Crippen molar-refractivity contribution in [3.8, 4) is 0 Å². The molecule has 0 amide bonds. The van der Waals surface area contributed by atoms with Crippen LogP contribution in [0.25, 0.3) is 0 Å². The van der Waals surface area contributed by atoms with Crippen LogP contribution in [0.1, 0.15) is 25.3 Å². The van der Waals surface area contributed by atoms with Crippen molar-refractivity contribution >= 4 is 27.6 Å². The van der Waals surface area contributed by atoms with E-state index in [2.05, 4.69) is 0 Å². The maximum Gasteiger partial charge on any atom is 0.417 e. The van der Waals surface area contributed by atoms with E-state index in [1.54, 1.807) is 0 Å². The molecule has 10 heteroatoms. The third-order valence-electron chi connectivity index (χ3n) is 4.10. The van der Waals surface area contributed by atoms with Gasteiger partial charge in [0.25, 0.3) is 0 Å². The summed E-state index contributed by atoms with van der Waals surface area (Å²) in [6, 6.07) is 1.49. The van der Waals surface area contributed by atoms with E-state index in [4.69, 9.17) is 16.7 Å². The molecule has 1 heterocycles. The van der Waals surface area contributed by atoms with Gasteiger partial charge in [0, 0.05) is 12.6 Å². The fourth-order valence-electron chi connectivity index (χ4n) is 2.80. The molecule has 24 heavy (non-hydrogen) atoms. The molecule has 1 N–H and O–H groups in total. The Bertz CT molecular complexity index is 751. The molecule has 1 aliphatic rings. The van der Waals surface area contributed by atoms with Crippen LogP contribution >= 0.6 is 11.6 Å². The van der Waals surface area contributed by atoms with Crippen molar-refractivity contribution in [2.24, 2.45) is 5.92 Å². The van der Waals surface area contributed by atoms with Gasteiger partial charge in [-0.25, -0.2) is 8.42 Å². The molecule has 1 aromatic rings. The summed E-state index contributed by atoms with van der Waals surface area (Å²) in [6.07, 6.45) is -4.16. The summed E-state index contributed by atoms with van der Waals surface area (Å²) in [5.41, 5.74) is -1.25. The van der Waals surface area contributed by atoms with E-state index < -0.39 is 49.6 Å². The fourth-order valence-corrected chi connectivity index (χ4v) is 4.76. The third-order valence-corrected chi connectivity index (χ3v) is 6.41. The van der Waals surface area contributed by atoms with Crippen molar-refractivity contribution < 1.29 is 31.5 Å². The summed E-state index contributed by atoms with van der Waals surface area (Å²) < 4.78 is 65.1. The molecule has 0 bridgehead atoms. The zero-order valence-electron chi connectivity index (χ0n) is 12.5. The molecular weight excluding hydrogens is 371 g/mol. The Morgan fingerprint density at radius 3 is 2.54 bits per heavy atom.